The lowest BCUT2D eigenvalue weighted by atomic mass is 10.1. The predicted molar refractivity (Wildman–Crippen MR) is 117 cm³/mol. The van der Waals surface area contributed by atoms with E-state index in [0.717, 1.165) is 32.8 Å². The van der Waals surface area contributed by atoms with Gasteiger partial charge in [0.1, 0.15) is 4.83 Å². The van der Waals surface area contributed by atoms with E-state index >= 15 is 0 Å². The number of likely N-dealkylation sites (N-methyl/N-ethyl adjacent to an activating group) is 1. The largest absolute Gasteiger partial charge is 0.334 e. The smallest absolute Gasteiger partial charge is 0.262 e. The zero-order valence-corrected chi connectivity index (χ0v) is 17.5. The number of aromatic nitrogens is 2. The maximum absolute atomic E-state index is 13.0. The normalized spacial score (nSPS) is 14.1. The molecule has 2 aromatic heterocycles. The molecule has 0 unspecified atom stereocenters. The monoisotopic (exact) mass is 408 g/mol. The highest BCUT2D eigenvalue weighted by Gasteiger charge is 2.25. The summed E-state index contributed by atoms with van der Waals surface area (Å²) in [6.45, 7) is 2.55. The SMILES string of the molecule is CN(C)CCn1cnc2sc3c(c2c1=O)CCN(C(=O)/C=C/c1ccccc1)C3. The van der Waals surface area contributed by atoms with Crippen molar-refractivity contribution in [2.24, 2.45) is 0 Å². The van der Waals surface area contributed by atoms with Crippen molar-refractivity contribution in [3.05, 3.63) is 69.1 Å². The lowest BCUT2D eigenvalue weighted by Crippen LogP contribution is -2.34. The summed E-state index contributed by atoms with van der Waals surface area (Å²) < 4.78 is 1.69. The van der Waals surface area contributed by atoms with Crippen LogP contribution in [0, 0.1) is 0 Å². The van der Waals surface area contributed by atoms with E-state index in [9.17, 15) is 9.59 Å². The van der Waals surface area contributed by atoms with Gasteiger partial charge in [0.2, 0.25) is 5.91 Å². The molecule has 29 heavy (non-hydrogen) atoms. The zero-order chi connectivity index (χ0) is 20.4. The van der Waals surface area contributed by atoms with Gasteiger partial charge in [0.15, 0.2) is 0 Å². The van der Waals surface area contributed by atoms with Crippen LogP contribution in [0.2, 0.25) is 0 Å². The molecule has 150 valence electrons. The fourth-order valence-corrected chi connectivity index (χ4v) is 4.70. The summed E-state index contributed by atoms with van der Waals surface area (Å²) >= 11 is 1.53. The minimum atomic E-state index is -0.00619. The molecule has 3 aromatic rings. The molecule has 1 aromatic carbocycles. The predicted octanol–water partition coefficient (Wildman–Crippen LogP) is 2.62. The Hall–Kier alpha value is -2.77. The van der Waals surface area contributed by atoms with Crippen molar-refractivity contribution in [3.8, 4) is 0 Å². The van der Waals surface area contributed by atoms with Crippen molar-refractivity contribution < 1.29 is 4.79 Å². The topological polar surface area (TPSA) is 58.4 Å². The minimum absolute atomic E-state index is 0.00619. The molecular weight excluding hydrogens is 384 g/mol. The quantitative estimate of drug-likeness (QED) is 0.609. The zero-order valence-electron chi connectivity index (χ0n) is 16.7. The Morgan fingerprint density at radius 2 is 2.07 bits per heavy atom. The Morgan fingerprint density at radius 1 is 1.28 bits per heavy atom. The average Bonchev–Trinajstić information content (AvgIpc) is 3.10. The summed E-state index contributed by atoms with van der Waals surface area (Å²) in [4.78, 5) is 35.8. The van der Waals surface area contributed by atoms with Crippen LogP contribution in [-0.2, 0) is 24.3 Å². The second-order valence-corrected chi connectivity index (χ2v) is 8.57. The molecular formula is C22H24N4O2S. The van der Waals surface area contributed by atoms with Crippen molar-refractivity contribution in [2.45, 2.75) is 19.5 Å². The Bertz CT molecular complexity index is 1120. The van der Waals surface area contributed by atoms with Crippen molar-refractivity contribution in [2.75, 3.05) is 27.2 Å². The van der Waals surface area contributed by atoms with Crippen LogP contribution in [0.4, 0.5) is 0 Å². The van der Waals surface area contributed by atoms with E-state index < -0.39 is 0 Å². The second kappa shape index (κ2) is 8.31. The van der Waals surface area contributed by atoms with Gasteiger partial charge >= 0.3 is 0 Å². The molecule has 4 rings (SSSR count). The van der Waals surface area contributed by atoms with Gasteiger partial charge in [0.25, 0.3) is 5.56 Å². The molecule has 7 heteroatoms. The van der Waals surface area contributed by atoms with Gasteiger partial charge in [0, 0.05) is 30.6 Å². The lowest BCUT2D eigenvalue weighted by Gasteiger charge is -2.25. The highest BCUT2D eigenvalue weighted by Crippen LogP contribution is 2.32. The van der Waals surface area contributed by atoms with Crippen LogP contribution in [0.15, 0.2) is 47.5 Å². The average molecular weight is 409 g/mol. The van der Waals surface area contributed by atoms with Crippen LogP contribution in [0.5, 0.6) is 0 Å². The van der Waals surface area contributed by atoms with E-state index in [1.54, 1.807) is 17.0 Å². The van der Waals surface area contributed by atoms with Crippen molar-refractivity contribution in [1.82, 2.24) is 19.4 Å². The molecule has 3 heterocycles. The first-order valence-electron chi connectivity index (χ1n) is 9.69. The molecule has 0 atom stereocenters. The molecule has 0 saturated carbocycles. The Labute approximate surface area is 173 Å². The molecule has 0 radical (unpaired) electrons. The highest BCUT2D eigenvalue weighted by molar-refractivity contribution is 7.18. The molecule has 0 fully saturated rings. The number of amides is 1. The van der Waals surface area contributed by atoms with E-state index in [1.165, 1.54) is 11.3 Å². The summed E-state index contributed by atoms with van der Waals surface area (Å²) in [6, 6.07) is 9.79. The fraction of sp³-hybridized carbons (Fsp3) is 0.318. The molecule has 1 aliphatic heterocycles. The summed E-state index contributed by atoms with van der Waals surface area (Å²) in [7, 11) is 3.97. The highest BCUT2D eigenvalue weighted by atomic mass is 32.1. The summed E-state index contributed by atoms with van der Waals surface area (Å²) in [5.74, 6) is -0.00619. The molecule has 0 bridgehead atoms. The fourth-order valence-electron chi connectivity index (χ4n) is 3.51. The third-order valence-electron chi connectivity index (χ3n) is 5.15. The van der Waals surface area contributed by atoms with E-state index in [-0.39, 0.29) is 11.5 Å². The number of benzene rings is 1. The third-order valence-corrected chi connectivity index (χ3v) is 6.27. The lowest BCUT2D eigenvalue weighted by molar-refractivity contribution is -0.126. The molecule has 0 saturated heterocycles. The van der Waals surface area contributed by atoms with Crippen LogP contribution in [0.1, 0.15) is 16.0 Å². The number of carbonyl (C=O) groups is 1. The second-order valence-electron chi connectivity index (χ2n) is 7.48. The summed E-state index contributed by atoms with van der Waals surface area (Å²) in [6.07, 6.45) is 5.80. The summed E-state index contributed by atoms with van der Waals surface area (Å²) in [5.41, 5.74) is 2.10. The van der Waals surface area contributed by atoms with Crippen LogP contribution in [0.25, 0.3) is 16.3 Å². The van der Waals surface area contributed by atoms with Crippen molar-refractivity contribution in [1.29, 1.82) is 0 Å². The van der Waals surface area contributed by atoms with E-state index in [2.05, 4.69) is 4.98 Å². The molecule has 0 spiro atoms. The van der Waals surface area contributed by atoms with Crippen LogP contribution < -0.4 is 5.56 Å². The van der Waals surface area contributed by atoms with E-state index in [0.29, 0.717) is 26.1 Å². The van der Waals surface area contributed by atoms with Gasteiger partial charge in [-0.15, -0.1) is 11.3 Å². The molecule has 0 aliphatic carbocycles. The number of nitrogens with zero attached hydrogens (tertiary/aromatic N) is 4. The first-order valence-corrected chi connectivity index (χ1v) is 10.5. The van der Waals surface area contributed by atoms with Gasteiger partial charge in [-0.3, -0.25) is 14.2 Å². The van der Waals surface area contributed by atoms with Gasteiger partial charge < -0.3 is 9.80 Å². The molecule has 1 amide bonds. The minimum Gasteiger partial charge on any atom is -0.334 e. The van der Waals surface area contributed by atoms with E-state index in [1.807, 2.05) is 60.3 Å². The number of hydrogen-bond donors (Lipinski definition) is 0. The number of thiophene rings is 1. The molecule has 0 N–H and O–H groups in total. The van der Waals surface area contributed by atoms with Crippen molar-refractivity contribution >= 4 is 33.5 Å². The van der Waals surface area contributed by atoms with Gasteiger partial charge in [-0.2, -0.15) is 0 Å². The van der Waals surface area contributed by atoms with E-state index in [4.69, 9.17) is 0 Å². The molecule has 1 aliphatic rings. The van der Waals surface area contributed by atoms with Crippen LogP contribution in [-0.4, -0.2) is 52.4 Å². The first kappa shape index (κ1) is 19.5. The summed E-state index contributed by atoms with van der Waals surface area (Å²) in [5, 5.41) is 0.734. The van der Waals surface area contributed by atoms with Gasteiger partial charge in [0.05, 0.1) is 18.3 Å². The van der Waals surface area contributed by atoms with Crippen molar-refractivity contribution in [3.63, 3.8) is 0 Å². The van der Waals surface area contributed by atoms with Crippen LogP contribution >= 0.6 is 11.3 Å². The van der Waals surface area contributed by atoms with Gasteiger partial charge in [-0.1, -0.05) is 30.3 Å². The van der Waals surface area contributed by atoms with Crippen LogP contribution in [0.3, 0.4) is 0 Å². The first-order chi connectivity index (χ1) is 14.0. The maximum Gasteiger partial charge on any atom is 0.262 e. The number of hydrogen-bond acceptors (Lipinski definition) is 5. The maximum atomic E-state index is 13.0. The third kappa shape index (κ3) is 4.16. The number of rotatable bonds is 5. The Balaban J connectivity index is 1.55. The standard InChI is InChI=1S/C22H24N4O2S/c1-24(2)12-13-26-15-23-21-20(22(26)28)17-10-11-25(14-18(17)29-21)19(27)9-8-16-6-4-3-5-7-16/h3-9,15H,10-14H2,1-2H3/b9-8+. The Morgan fingerprint density at radius 3 is 2.83 bits per heavy atom. The Kier molecular flexibility index (Phi) is 5.60. The van der Waals surface area contributed by atoms with Gasteiger partial charge in [-0.05, 0) is 37.7 Å². The number of fused-ring (bicyclic) bond motifs is 3. The van der Waals surface area contributed by atoms with Gasteiger partial charge in [-0.25, -0.2) is 4.98 Å². The molecule has 6 nitrogen and oxygen atoms in total. The number of carbonyl (C=O) groups excluding carboxylic acids is 1.